The zero-order valence-electron chi connectivity index (χ0n) is 68.2. The van der Waals surface area contributed by atoms with E-state index in [1.165, 1.54) is 0 Å². The van der Waals surface area contributed by atoms with E-state index in [-0.39, 0.29) is 17.9 Å². The minimum absolute atomic E-state index is 0.319. The Morgan fingerprint density at radius 1 is 0.413 bits per heavy atom. The van der Waals surface area contributed by atoms with Crippen LogP contribution in [0, 0.1) is 0 Å². The lowest BCUT2D eigenvalue weighted by molar-refractivity contribution is -0.00837. The molecular weight excluding hydrogens is 1730 g/mol. The number of benzene rings is 5. The molecule has 27 nitrogen and oxygen atoms in total. The molecule has 13 aromatic rings. The maximum atomic E-state index is 12.2. The van der Waals surface area contributed by atoms with Crippen molar-refractivity contribution in [2.45, 2.75) is 155 Å². The summed E-state index contributed by atoms with van der Waals surface area (Å²) in [6, 6.07) is 37.5. The van der Waals surface area contributed by atoms with Gasteiger partial charge in [0.1, 0.15) is 62.7 Å². The Bertz CT molecular complexity index is 6390. The van der Waals surface area contributed by atoms with E-state index in [9.17, 15) is 19.5 Å². The predicted octanol–water partition coefficient (Wildman–Crippen LogP) is 22.9. The van der Waals surface area contributed by atoms with Crippen LogP contribution in [0.3, 0.4) is 0 Å². The van der Waals surface area contributed by atoms with Crippen LogP contribution in [-0.2, 0) is 55.7 Å². The molecule has 0 saturated carbocycles. The highest BCUT2D eigenvalue weighted by atomic mass is 79.9. The van der Waals surface area contributed by atoms with Crippen LogP contribution in [0.25, 0.3) is 74.7 Å². The highest BCUT2D eigenvalue weighted by Crippen LogP contribution is 2.41. The summed E-state index contributed by atoms with van der Waals surface area (Å²) in [4.78, 5) is 76.0. The fourth-order valence-electron chi connectivity index (χ4n) is 13.7. The molecule has 0 amide bonds. The SMILES string of the molecule is CC(C)(N=[N+]=[N-])c1ccc(Cl)c2cnc(N)cc12.CC(C)(O)c1ccc(Cl)c2cnc(N)cc12.CC1(C)Cc2nc(Cl)ccc2C(=O)O1.CC1(C)Cc2nc(Nc3cc4c(C(C)(C)N)ccc(Cl)c4cn3)ccc2C(=O)O1.CC1(C)Cc2nc(Nc3cc4c(C(C)(C)N=[N+]=[N-])ccc(Cl)c4cn3)ccc2C(=O)O1.Nc1cc2c(Br)ccc(Cl)c2cn1. The number of rotatable bonds is 10. The molecule has 16 rings (SSSR count). The van der Waals surface area contributed by atoms with E-state index in [1.807, 2.05) is 138 Å². The van der Waals surface area contributed by atoms with Gasteiger partial charge in [0.2, 0.25) is 0 Å². The predicted molar refractivity (Wildman–Crippen MR) is 485 cm³/mol. The molecule has 0 bridgehead atoms. The maximum absolute atomic E-state index is 12.2. The number of aromatic nitrogens is 8. The lowest BCUT2D eigenvalue weighted by Gasteiger charge is -2.30. The van der Waals surface area contributed by atoms with Crippen LogP contribution < -0.4 is 33.6 Å². The maximum Gasteiger partial charge on any atom is 0.340 e. The summed E-state index contributed by atoms with van der Waals surface area (Å²) in [6.07, 6.45) is 10.0. The summed E-state index contributed by atoms with van der Waals surface area (Å²) in [6.45, 7) is 25.9. The number of halogens is 7. The Hall–Kier alpha value is -11.2. The first-order valence-electron chi connectivity index (χ1n) is 37.5. The Morgan fingerprint density at radius 3 is 1.09 bits per heavy atom. The van der Waals surface area contributed by atoms with E-state index in [0.717, 1.165) is 86.3 Å². The largest absolute Gasteiger partial charge is 0.456 e. The monoisotopic (exact) mass is 1810 g/mol. The average Bonchev–Trinajstić information content (AvgIpc) is 0.774. The fraction of sp³-hybridized carbons (Fsp3) is 0.276. The Kier molecular flexibility index (Phi) is 26.8. The van der Waals surface area contributed by atoms with Crippen molar-refractivity contribution in [1.29, 1.82) is 0 Å². The first kappa shape index (κ1) is 90.5. The number of ether oxygens (including phenoxy) is 3. The number of carbonyl (C=O) groups excluding carboxylic acids is 3. The Labute approximate surface area is 735 Å². The Balaban J connectivity index is 0.000000146. The van der Waals surface area contributed by atoms with Gasteiger partial charge in [-0.2, -0.15) is 0 Å². The van der Waals surface area contributed by atoms with E-state index in [1.54, 1.807) is 118 Å². The van der Waals surface area contributed by atoms with E-state index in [0.29, 0.717) is 118 Å². The molecule has 0 radical (unpaired) electrons. The minimum atomic E-state index is -0.934. The summed E-state index contributed by atoms with van der Waals surface area (Å²) < 4.78 is 17.0. The van der Waals surface area contributed by atoms with Gasteiger partial charge in [0, 0.05) is 122 Å². The van der Waals surface area contributed by atoms with Crippen molar-refractivity contribution in [1.82, 2.24) is 39.9 Å². The second-order valence-corrected chi connectivity index (χ2v) is 35.9. The number of nitrogen functional groups attached to an aromatic ring is 3. The number of pyridine rings is 8. The quantitative estimate of drug-likeness (QED) is 0.0167. The van der Waals surface area contributed by atoms with Crippen LogP contribution in [0.2, 0.25) is 30.3 Å². The second-order valence-electron chi connectivity index (χ2n) is 32.6. The molecular formula is C87H85BrCl6N20O7. The van der Waals surface area contributed by atoms with Crippen LogP contribution in [0.15, 0.2) is 173 Å². The van der Waals surface area contributed by atoms with Gasteiger partial charge in [0.15, 0.2) is 0 Å². The molecule has 11 heterocycles. The molecule has 11 N–H and O–H groups in total. The summed E-state index contributed by atoms with van der Waals surface area (Å²) in [7, 11) is 0. The number of nitrogens with one attached hydrogen (secondary N) is 2. The summed E-state index contributed by atoms with van der Waals surface area (Å²) in [5.74, 6) is 2.63. The van der Waals surface area contributed by atoms with E-state index < -0.39 is 39.0 Å². The van der Waals surface area contributed by atoms with Crippen molar-refractivity contribution in [3.05, 3.63) is 270 Å². The molecule has 34 heteroatoms. The van der Waals surface area contributed by atoms with Crippen molar-refractivity contribution in [3.8, 4) is 0 Å². The van der Waals surface area contributed by atoms with Crippen LogP contribution in [0.1, 0.15) is 167 Å². The number of nitrogens with zero attached hydrogens (tertiary/aromatic N) is 14. The van der Waals surface area contributed by atoms with Crippen LogP contribution in [0.5, 0.6) is 0 Å². The van der Waals surface area contributed by atoms with Crippen LogP contribution in [-0.4, -0.2) is 79.7 Å². The molecule has 8 aromatic heterocycles. The molecule has 624 valence electrons. The molecule has 0 unspecified atom stereocenters. The summed E-state index contributed by atoms with van der Waals surface area (Å²) in [5, 5.41) is 36.3. The van der Waals surface area contributed by atoms with Gasteiger partial charge in [-0.3, -0.25) is 0 Å². The second kappa shape index (κ2) is 35.8. The van der Waals surface area contributed by atoms with Gasteiger partial charge in [-0.1, -0.05) is 148 Å². The number of hydrogen-bond acceptors (Lipinski definition) is 23. The molecule has 0 aliphatic carbocycles. The van der Waals surface area contributed by atoms with Gasteiger partial charge in [-0.05, 0) is 227 Å². The van der Waals surface area contributed by atoms with E-state index in [2.05, 4.69) is 86.5 Å². The number of hydrogen-bond donors (Lipinski definition) is 7. The average molecular weight is 1820 g/mol. The fourth-order valence-corrected chi connectivity index (χ4v) is 15.4. The number of aliphatic hydroxyl groups is 1. The highest BCUT2D eigenvalue weighted by Gasteiger charge is 2.37. The third-order valence-electron chi connectivity index (χ3n) is 19.5. The molecule has 5 aromatic carbocycles. The number of carbonyl (C=O) groups is 3. The van der Waals surface area contributed by atoms with Gasteiger partial charge in [0.25, 0.3) is 0 Å². The van der Waals surface area contributed by atoms with Gasteiger partial charge in [-0.15, -0.1) is 0 Å². The number of nitrogens with two attached hydrogens (primary N) is 4. The minimum Gasteiger partial charge on any atom is -0.456 e. The molecule has 0 atom stereocenters. The van der Waals surface area contributed by atoms with Crippen molar-refractivity contribution < 1.29 is 33.7 Å². The first-order valence-corrected chi connectivity index (χ1v) is 40.6. The normalized spacial score (nSPS) is 14.2. The third kappa shape index (κ3) is 21.6. The standard InChI is InChI=1S/C22H21ClN6O2.C22H23ClN4O2.C12H12ClN5.C12H13ClN2O.C10H10ClNO2.C9H6BrClN2/c1-21(2)10-17-12(20(30)31-21)5-8-18(26-17)27-19-9-13-14(11-25-19)16(23)7-6-15(13)22(3,4)28-29-24;1-21(2)10-17-12(20(28)29-21)5-8-18(26-17)27-19-9-13-14(11-25-19)16(23)7-6-15(13)22(3,4)24;1-12(2,17-18-15)9-3-4-10(13)8-6-16-11(14)5-7(8)9;1-12(2,16)9-3-4-10(13)8-6-15-11(14)5-7(8)9;1-10(2)5-7-6(9(13)14-10)3-4-8(11)12-7;10-7-1-2-8(11)6-4-13-9(12)3-5(6)7/h5-9,11H,10H2,1-4H3,(H,25,26,27);5-9,11H,10,24H2,1-4H3,(H,25,26,27);3-6H,1-2H3,(H2,14,16);3-6,16H,1-2H3,(H2,14,15);3-4H,5H2,1-2H3;1-4H,(H2,12,13). The lowest BCUT2D eigenvalue weighted by atomic mass is 9.91. The molecule has 0 fully saturated rings. The van der Waals surface area contributed by atoms with Gasteiger partial charge < -0.3 is 52.9 Å². The highest BCUT2D eigenvalue weighted by molar-refractivity contribution is 9.10. The molecule has 3 aliphatic heterocycles. The molecule has 0 saturated heterocycles. The van der Waals surface area contributed by atoms with Crippen LogP contribution >= 0.6 is 85.5 Å². The van der Waals surface area contributed by atoms with Gasteiger partial charge in [0.05, 0.1) is 55.5 Å². The molecule has 3 aliphatic rings. The van der Waals surface area contributed by atoms with Crippen molar-refractivity contribution >= 4 is 198 Å². The Morgan fingerprint density at radius 2 is 0.719 bits per heavy atom. The van der Waals surface area contributed by atoms with E-state index >= 15 is 0 Å². The summed E-state index contributed by atoms with van der Waals surface area (Å²) >= 11 is 40.1. The zero-order chi connectivity index (χ0) is 88.4. The zero-order valence-corrected chi connectivity index (χ0v) is 74.4. The molecule has 121 heavy (non-hydrogen) atoms. The number of azide groups is 2. The van der Waals surface area contributed by atoms with Crippen molar-refractivity contribution in [2.75, 3.05) is 27.8 Å². The van der Waals surface area contributed by atoms with Crippen molar-refractivity contribution in [3.63, 3.8) is 0 Å². The lowest BCUT2D eigenvalue weighted by Crippen LogP contribution is -2.36. The number of cyclic esters (lactones) is 3. The van der Waals surface area contributed by atoms with Crippen LogP contribution in [0.4, 0.5) is 40.7 Å². The van der Waals surface area contributed by atoms with Crippen molar-refractivity contribution in [2.24, 2.45) is 16.0 Å². The summed E-state index contributed by atoms with van der Waals surface area (Å²) in [5.41, 5.74) is 43.4. The number of fused-ring (bicyclic) bond motifs is 8. The smallest absolute Gasteiger partial charge is 0.340 e. The topological polar surface area (TPSA) is 428 Å². The number of anilines is 7. The van der Waals surface area contributed by atoms with Gasteiger partial charge >= 0.3 is 17.9 Å². The van der Waals surface area contributed by atoms with E-state index in [4.69, 9.17) is 118 Å². The number of esters is 3. The third-order valence-corrected chi connectivity index (χ3v) is 22.0. The first-order chi connectivity index (χ1) is 56.6. The molecule has 0 spiro atoms. The van der Waals surface area contributed by atoms with Gasteiger partial charge in [-0.25, -0.2) is 54.3 Å².